The molecule has 0 aliphatic rings. The van der Waals surface area contributed by atoms with Crippen LogP contribution in [0.25, 0.3) is 0 Å². The van der Waals surface area contributed by atoms with Crippen LogP contribution in [0.5, 0.6) is 5.88 Å². The molecule has 90 valence electrons. The average molecular weight is 243 g/mol. The smallest absolute Gasteiger partial charge is 0.217 e. The predicted molar refractivity (Wildman–Crippen MR) is 67.1 cm³/mol. The molecule has 1 aromatic heterocycles. The first-order valence-corrected chi connectivity index (χ1v) is 6.16. The third kappa shape index (κ3) is 4.81. The Morgan fingerprint density at radius 2 is 2.25 bits per heavy atom. The molecule has 0 bridgehead atoms. The summed E-state index contributed by atoms with van der Waals surface area (Å²) in [6.45, 7) is 1.81. The summed E-state index contributed by atoms with van der Waals surface area (Å²) in [7, 11) is 1.65. The summed E-state index contributed by atoms with van der Waals surface area (Å²) in [6, 6.07) is 3.95. The maximum absolute atomic E-state index is 5.60. The molecule has 0 atom stereocenters. The molecule has 0 fully saturated rings. The van der Waals surface area contributed by atoms with Crippen LogP contribution < -0.4 is 10.1 Å². The Bertz CT molecular complexity index is 294. The predicted octanol–water partition coefficient (Wildman–Crippen LogP) is 2.59. The highest BCUT2D eigenvalue weighted by Crippen LogP contribution is 2.12. The zero-order chi connectivity index (χ0) is 11.6. The first-order chi connectivity index (χ1) is 7.88. The van der Waals surface area contributed by atoms with E-state index in [0.717, 1.165) is 37.4 Å². The molecule has 1 heterocycles. The number of methoxy groups -OCH3 is 1. The number of unbranched alkanes of at least 4 members (excludes halogenated alkanes) is 2. The molecule has 1 aromatic rings. The van der Waals surface area contributed by atoms with Gasteiger partial charge in [-0.1, -0.05) is 12.5 Å². The molecule has 16 heavy (non-hydrogen) atoms. The summed E-state index contributed by atoms with van der Waals surface area (Å²) in [5.74, 6) is 1.46. The number of pyridine rings is 1. The van der Waals surface area contributed by atoms with E-state index in [-0.39, 0.29) is 0 Å². The maximum atomic E-state index is 5.60. The van der Waals surface area contributed by atoms with Crippen LogP contribution in [0.1, 0.15) is 24.8 Å². The van der Waals surface area contributed by atoms with Crippen LogP contribution in [0.4, 0.5) is 0 Å². The minimum absolute atomic E-state index is 0.704. The standard InChI is InChI=1S/C12H19ClN2O/c1-16-12-11(6-5-9-15-12)10-14-8-4-2-3-7-13/h5-6,9,14H,2-4,7-8,10H2,1H3. The van der Waals surface area contributed by atoms with Crippen molar-refractivity contribution in [3.8, 4) is 5.88 Å². The number of hydrogen-bond acceptors (Lipinski definition) is 3. The fraction of sp³-hybridized carbons (Fsp3) is 0.583. The van der Waals surface area contributed by atoms with Crippen LogP contribution in [-0.4, -0.2) is 24.5 Å². The average Bonchev–Trinajstić information content (AvgIpc) is 2.34. The Hall–Kier alpha value is -0.800. The minimum atomic E-state index is 0.704. The molecule has 0 aromatic carbocycles. The lowest BCUT2D eigenvalue weighted by Crippen LogP contribution is -2.15. The molecule has 0 unspecified atom stereocenters. The Morgan fingerprint density at radius 3 is 3.00 bits per heavy atom. The van der Waals surface area contributed by atoms with Gasteiger partial charge in [-0.05, 0) is 25.5 Å². The van der Waals surface area contributed by atoms with Crippen molar-refractivity contribution in [2.45, 2.75) is 25.8 Å². The third-order valence-corrected chi connectivity index (χ3v) is 2.61. The van der Waals surface area contributed by atoms with Crippen LogP contribution in [0.15, 0.2) is 18.3 Å². The highest BCUT2D eigenvalue weighted by atomic mass is 35.5. The van der Waals surface area contributed by atoms with Gasteiger partial charge in [-0.2, -0.15) is 0 Å². The van der Waals surface area contributed by atoms with Crippen molar-refractivity contribution < 1.29 is 4.74 Å². The van der Waals surface area contributed by atoms with Crippen molar-refractivity contribution in [2.75, 3.05) is 19.5 Å². The second-order valence-electron chi connectivity index (χ2n) is 3.60. The second-order valence-corrected chi connectivity index (χ2v) is 3.98. The van der Waals surface area contributed by atoms with E-state index >= 15 is 0 Å². The van der Waals surface area contributed by atoms with Crippen molar-refractivity contribution in [3.63, 3.8) is 0 Å². The molecule has 1 N–H and O–H groups in total. The fourth-order valence-corrected chi connectivity index (χ4v) is 1.68. The number of nitrogens with zero attached hydrogens (tertiary/aromatic N) is 1. The number of ether oxygens (including phenoxy) is 1. The van der Waals surface area contributed by atoms with Crippen molar-refractivity contribution in [1.29, 1.82) is 0 Å². The lowest BCUT2D eigenvalue weighted by atomic mass is 10.2. The van der Waals surface area contributed by atoms with E-state index in [9.17, 15) is 0 Å². The quantitative estimate of drug-likeness (QED) is 0.562. The summed E-state index contributed by atoms with van der Waals surface area (Å²) in [6.07, 6.45) is 5.18. The van der Waals surface area contributed by atoms with Crippen molar-refractivity contribution in [1.82, 2.24) is 10.3 Å². The first-order valence-electron chi connectivity index (χ1n) is 5.63. The maximum Gasteiger partial charge on any atom is 0.217 e. The van der Waals surface area contributed by atoms with Gasteiger partial charge >= 0.3 is 0 Å². The zero-order valence-corrected chi connectivity index (χ0v) is 10.5. The highest BCUT2D eigenvalue weighted by Gasteiger charge is 2.01. The van der Waals surface area contributed by atoms with Crippen LogP contribution in [0.3, 0.4) is 0 Å². The Balaban J connectivity index is 2.21. The normalized spacial score (nSPS) is 10.4. The van der Waals surface area contributed by atoms with Gasteiger partial charge in [-0.3, -0.25) is 0 Å². The zero-order valence-electron chi connectivity index (χ0n) is 9.71. The van der Waals surface area contributed by atoms with Gasteiger partial charge in [0.25, 0.3) is 0 Å². The number of alkyl halides is 1. The molecule has 0 aliphatic carbocycles. The first kappa shape index (κ1) is 13.3. The number of nitrogens with one attached hydrogen (secondary N) is 1. The minimum Gasteiger partial charge on any atom is -0.481 e. The van der Waals surface area contributed by atoms with E-state index in [1.54, 1.807) is 13.3 Å². The summed E-state index contributed by atoms with van der Waals surface area (Å²) >= 11 is 5.60. The molecule has 0 aliphatic heterocycles. The molecular weight excluding hydrogens is 224 g/mol. The molecule has 1 rings (SSSR count). The Labute approximate surface area is 102 Å². The summed E-state index contributed by atoms with van der Waals surface area (Å²) in [4.78, 5) is 4.15. The van der Waals surface area contributed by atoms with Gasteiger partial charge in [0.05, 0.1) is 7.11 Å². The van der Waals surface area contributed by atoms with Crippen LogP contribution in [-0.2, 0) is 6.54 Å². The third-order valence-electron chi connectivity index (χ3n) is 2.35. The number of rotatable bonds is 8. The lowest BCUT2D eigenvalue weighted by molar-refractivity contribution is 0.390. The molecule has 3 nitrogen and oxygen atoms in total. The summed E-state index contributed by atoms with van der Waals surface area (Å²) in [5.41, 5.74) is 1.10. The van der Waals surface area contributed by atoms with Crippen LogP contribution in [0.2, 0.25) is 0 Å². The van der Waals surface area contributed by atoms with Crippen LogP contribution >= 0.6 is 11.6 Å². The highest BCUT2D eigenvalue weighted by molar-refractivity contribution is 6.17. The van der Waals surface area contributed by atoms with Gasteiger partial charge in [-0.25, -0.2) is 4.98 Å². The van der Waals surface area contributed by atoms with E-state index in [4.69, 9.17) is 16.3 Å². The summed E-state index contributed by atoms with van der Waals surface area (Å²) < 4.78 is 5.17. The molecule has 0 saturated carbocycles. The number of aromatic nitrogens is 1. The van der Waals surface area contributed by atoms with Gasteiger partial charge in [0.1, 0.15) is 0 Å². The monoisotopic (exact) mass is 242 g/mol. The lowest BCUT2D eigenvalue weighted by Gasteiger charge is -2.07. The van der Waals surface area contributed by atoms with Crippen LogP contribution in [0, 0.1) is 0 Å². The van der Waals surface area contributed by atoms with Gasteiger partial charge in [-0.15, -0.1) is 11.6 Å². The van der Waals surface area contributed by atoms with E-state index in [2.05, 4.69) is 10.3 Å². The van der Waals surface area contributed by atoms with Crippen molar-refractivity contribution in [2.24, 2.45) is 0 Å². The SMILES string of the molecule is COc1ncccc1CNCCCCCCl. The van der Waals surface area contributed by atoms with E-state index < -0.39 is 0 Å². The molecule has 4 heteroatoms. The van der Waals surface area contributed by atoms with E-state index in [1.807, 2.05) is 12.1 Å². The van der Waals surface area contributed by atoms with Gasteiger partial charge < -0.3 is 10.1 Å². The van der Waals surface area contributed by atoms with Gasteiger partial charge in [0, 0.05) is 24.2 Å². The van der Waals surface area contributed by atoms with Gasteiger partial charge in [0.15, 0.2) is 0 Å². The van der Waals surface area contributed by atoms with Gasteiger partial charge in [0.2, 0.25) is 5.88 Å². The molecule has 0 saturated heterocycles. The molecule has 0 radical (unpaired) electrons. The molecule has 0 amide bonds. The Kier molecular flexibility index (Phi) is 6.93. The topological polar surface area (TPSA) is 34.1 Å². The van der Waals surface area contributed by atoms with Crippen molar-refractivity contribution >= 4 is 11.6 Å². The number of halogens is 1. The number of hydrogen-bond donors (Lipinski definition) is 1. The Morgan fingerprint density at radius 1 is 1.38 bits per heavy atom. The second kappa shape index (κ2) is 8.36. The van der Waals surface area contributed by atoms with Crippen molar-refractivity contribution in [3.05, 3.63) is 23.9 Å². The van der Waals surface area contributed by atoms with E-state index in [1.165, 1.54) is 6.42 Å². The fourth-order valence-electron chi connectivity index (χ4n) is 1.49. The summed E-state index contributed by atoms with van der Waals surface area (Å²) in [5, 5.41) is 3.37. The molecular formula is C12H19ClN2O. The van der Waals surface area contributed by atoms with E-state index in [0.29, 0.717) is 5.88 Å². The largest absolute Gasteiger partial charge is 0.481 e. The molecule has 0 spiro atoms.